The normalized spacial score (nSPS) is 10.8. The molecule has 0 atom stereocenters. The lowest BCUT2D eigenvalue weighted by molar-refractivity contribution is 0.177. The van der Waals surface area contributed by atoms with E-state index in [1.165, 1.54) is 14.2 Å². The molecule has 4 N–H and O–H groups in total. The average Bonchev–Trinajstić information content (AvgIpc) is 3.10. The van der Waals surface area contributed by atoms with Crippen LogP contribution in [0.1, 0.15) is 11.1 Å². The molecule has 0 aliphatic carbocycles. The van der Waals surface area contributed by atoms with Crippen molar-refractivity contribution in [2.45, 2.75) is 13.1 Å². The third-order valence-electron chi connectivity index (χ3n) is 8.43. The molecule has 0 radical (unpaired) electrons. The van der Waals surface area contributed by atoms with Gasteiger partial charge < -0.3 is 20.9 Å². The summed E-state index contributed by atoms with van der Waals surface area (Å²) in [5.74, 6) is 0. The number of nitrogens with two attached hydrogens (primary N) is 2. The summed E-state index contributed by atoms with van der Waals surface area (Å²) >= 11 is 0. The number of benzene rings is 5. The Hall–Kier alpha value is -5.84. The Balaban J connectivity index is 0.00000243. The van der Waals surface area contributed by atoms with Crippen LogP contribution in [0.25, 0.3) is 43.6 Å². The van der Waals surface area contributed by atoms with Crippen LogP contribution in [-0.4, -0.2) is 36.4 Å². The topological polar surface area (TPSA) is 137 Å². The summed E-state index contributed by atoms with van der Waals surface area (Å²) in [5, 5.41) is 3.80. The summed E-state index contributed by atoms with van der Waals surface area (Å²) in [6, 6.07) is 34.3. The van der Waals surface area contributed by atoms with Crippen LogP contribution < -0.4 is 21.3 Å². The van der Waals surface area contributed by atoms with E-state index in [9.17, 15) is 9.59 Å². The van der Waals surface area contributed by atoms with Gasteiger partial charge in [-0.1, -0.05) is 48.5 Å². The maximum atomic E-state index is 13.2. The third-order valence-corrected chi connectivity index (χ3v) is 8.43. The minimum atomic E-state index is -0.535. The first-order valence-corrected chi connectivity index (χ1v) is 15.3. The molecule has 0 spiro atoms. The maximum absolute atomic E-state index is 13.2. The SMILES string of the molecule is COC(=O)N(Cc1ccccc1CN(C(=O)OC)c1ccc2cc3ccc(N)cc3nc2c1)c1ccc2cc3ccc(N)cc3nc2c1.Cl.Cl. The number of nitrogens with zero attached hydrogens (tertiary/aromatic N) is 4. The van der Waals surface area contributed by atoms with Crippen molar-refractivity contribution in [3.8, 4) is 0 Å². The van der Waals surface area contributed by atoms with Crippen LogP contribution in [0.5, 0.6) is 0 Å². The number of amides is 2. The lowest BCUT2D eigenvalue weighted by atomic mass is 10.0. The number of anilines is 4. The molecule has 0 fully saturated rings. The Bertz CT molecular complexity index is 2220. The second kappa shape index (κ2) is 14.7. The second-order valence-electron chi connectivity index (χ2n) is 11.5. The summed E-state index contributed by atoms with van der Waals surface area (Å²) < 4.78 is 10.4. The lowest BCUT2D eigenvalue weighted by Crippen LogP contribution is -2.33. The second-order valence-corrected chi connectivity index (χ2v) is 11.5. The number of hydrogen-bond donors (Lipinski definition) is 2. The lowest BCUT2D eigenvalue weighted by Gasteiger charge is -2.26. The van der Waals surface area contributed by atoms with E-state index >= 15 is 0 Å². The standard InChI is InChI=1S/C38H32N6O4.2ClH/c1-47-37(45)43(31-13-9-25-15-23-7-11-29(39)17-33(23)41-35(25)19-31)21-27-5-3-4-6-28(27)22-44(38(46)48-2)32-14-10-26-16-24-8-12-30(40)18-34(24)42-36(26)20-32;;/h3-20H,21-22,39-40H2,1-2H3;2*1H. The summed E-state index contributed by atoms with van der Waals surface area (Å²) in [7, 11) is 2.70. The zero-order chi connectivity index (χ0) is 33.4. The smallest absolute Gasteiger partial charge is 0.414 e. The fourth-order valence-corrected chi connectivity index (χ4v) is 5.94. The largest absolute Gasteiger partial charge is 0.452 e. The molecule has 10 nitrogen and oxygen atoms in total. The predicted octanol–water partition coefficient (Wildman–Crippen LogP) is 8.64. The number of ether oxygens (including phenoxy) is 2. The van der Waals surface area contributed by atoms with Gasteiger partial charge in [0.05, 0.1) is 49.4 Å². The third kappa shape index (κ3) is 6.98. The van der Waals surface area contributed by atoms with Gasteiger partial charge in [0.15, 0.2) is 0 Å². The molecule has 0 saturated carbocycles. The van der Waals surface area contributed by atoms with E-state index in [1.807, 2.05) is 109 Å². The molecule has 7 rings (SSSR count). The summed E-state index contributed by atoms with van der Waals surface area (Å²) in [4.78, 5) is 39.2. The molecular weight excluding hydrogens is 675 g/mol. The Morgan fingerprint density at radius 1 is 0.540 bits per heavy atom. The van der Waals surface area contributed by atoms with Crippen molar-refractivity contribution in [2.24, 2.45) is 0 Å². The number of aromatic nitrogens is 2. The Morgan fingerprint density at radius 2 is 0.900 bits per heavy atom. The van der Waals surface area contributed by atoms with Gasteiger partial charge in [0.2, 0.25) is 0 Å². The summed E-state index contributed by atoms with van der Waals surface area (Å²) in [5.41, 5.74) is 19.1. The molecule has 0 unspecified atom stereocenters. The predicted molar refractivity (Wildman–Crippen MR) is 205 cm³/mol. The molecule has 12 heteroatoms. The average molecular weight is 710 g/mol. The van der Waals surface area contributed by atoms with Crippen LogP contribution in [0.15, 0.2) is 109 Å². The van der Waals surface area contributed by atoms with Crippen molar-refractivity contribution in [1.29, 1.82) is 0 Å². The molecular formula is C38H34Cl2N6O4. The molecule has 0 aliphatic rings. The highest BCUT2D eigenvalue weighted by molar-refractivity contribution is 5.98. The molecule has 50 heavy (non-hydrogen) atoms. The van der Waals surface area contributed by atoms with Gasteiger partial charge in [-0.2, -0.15) is 0 Å². The van der Waals surface area contributed by atoms with Crippen LogP contribution in [0.4, 0.5) is 32.3 Å². The summed E-state index contributed by atoms with van der Waals surface area (Å²) in [6.07, 6.45) is -1.07. The van der Waals surface area contributed by atoms with Crippen molar-refractivity contribution in [1.82, 2.24) is 9.97 Å². The Morgan fingerprint density at radius 3 is 1.28 bits per heavy atom. The number of fused-ring (bicyclic) bond motifs is 4. The van der Waals surface area contributed by atoms with E-state index in [1.54, 1.807) is 9.80 Å². The molecule has 0 aliphatic heterocycles. The van der Waals surface area contributed by atoms with Gasteiger partial charge in [-0.25, -0.2) is 19.6 Å². The monoisotopic (exact) mass is 708 g/mol. The fraction of sp³-hybridized carbons (Fsp3) is 0.105. The first-order chi connectivity index (χ1) is 23.3. The zero-order valence-electron chi connectivity index (χ0n) is 27.2. The molecule has 2 aromatic heterocycles. The number of nitrogen functional groups attached to an aromatic ring is 2. The molecule has 5 aromatic carbocycles. The number of hydrogen-bond acceptors (Lipinski definition) is 8. The van der Waals surface area contributed by atoms with Crippen molar-refractivity contribution < 1.29 is 19.1 Å². The van der Waals surface area contributed by atoms with Gasteiger partial charge in [0, 0.05) is 44.3 Å². The Kier molecular flexibility index (Phi) is 10.5. The van der Waals surface area contributed by atoms with E-state index in [0.717, 1.165) is 43.7 Å². The minimum absolute atomic E-state index is 0. The van der Waals surface area contributed by atoms with Crippen LogP contribution in [-0.2, 0) is 22.6 Å². The van der Waals surface area contributed by atoms with Crippen LogP contribution in [0.2, 0.25) is 0 Å². The highest BCUT2D eigenvalue weighted by Crippen LogP contribution is 2.30. The molecule has 2 amide bonds. The van der Waals surface area contributed by atoms with E-state index in [0.29, 0.717) is 33.8 Å². The quantitative estimate of drug-likeness (QED) is 0.129. The number of pyridine rings is 2. The van der Waals surface area contributed by atoms with Crippen molar-refractivity contribution in [3.05, 3.63) is 120 Å². The van der Waals surface area contributed by atoms with Gasteiger partial charge in [0.1, 0.15) is 0 Å². The molecule has 254 valence electrons. The number of rotatable bonds is 6. The maximum Gasteiger partial charge on any atom is 0.414 e. The van der Waals surface area contributed by atoms with Crippen LogP contribution in [0.3, 0.4) is 0 Å². The molecule has 0 saturated heterocycles. The minimum Gasteiger partial charge on any atom is -0.452 e. The van der Waals surface area contributed by atoms with Crippen molar-refractivity contribution in [3.63, 3.8) is 0 Å². The van der Waals surface area contributed by atoms with Gasteiger partial charge >= 0.3 is 12.2 Å². The first kappa shape index (κ1) is 35.5. The molecule has 0 bridgehead atoms. The number of methoxy groups -OCH3 is 2. The number of carbonyl (C=O) groups excluding carboxylic acids is 2. The highest BCUT2D eigenvalue weighted by atomic mass is 35.5. The van der Waals surface area contributed by atoms with Crippen molar-refractivity contribution in [2.75, 3.05) is 35.5 Å². The molecule has 2 heterocycles. The first-order valence-electron chi connectivity index (χ1n) is 15.3. The van der Waals surface area contributed by atoms with Crippen LogP contribution >= 0.6 is 24.8 Å². The van der Waals surface area contributed by atoms with E-state index in [2.05, 4.69) is 0 Å². The van der Waals surface area contributed by atoms with E-state index in [4.69, 9.17) is 30.9 Å². The molecule has 7 aromatic rings. The van der Waals surface area contributed by atoms with Crippen molar-refractivity contribution >= 4 is 103 Å². The zero-order valence-corrected chi connectivity index (χ0v) is 28.8. The van der Waals surface area contributed by atoms with E-state index in [-0.39, 0.29) is 37.9 Å². The van der Waals surface area contributed by atoms with Gasteiger partial charge in [-0.3, -0.25) is 9.80 Å². The fourth-order valence-electron chi connectivity index (χ4n) is 5.94. The highest BCUT2D eigenvalue weighted by Gasteiger charge is 2.23. The number of halogens is 2. The van der Waals surface area contributed by atoms with Gasteiger partial charge in [-0.05, 0) is 71.8 Å². The Labute approximate surface area is 300 Å². The van der Waals surface area contributed by atoms with Gasteiger partial charge in [0.25, 0.3) is 0 Å². The number of carbonyl (C=O) groups is 2. The summed E-state index contributed by atoms with van der Waals surface area (Å²) in [6.45, 7) is 0.354. The van der Waals surface area contributed by atoms with Crippen LogP contribution in [0, 0.1) is 0 Å². The van der Waals surface area contributed by atoms with E-state index < -0.39 is 12.2 Å². The van der Waals surface area contributed by atoms with Gasteiger partial charge in [-0.15, -0.1) is 24.8 Å².